The first-order valence-corrected chi connectivity index (χ1v) is 7.41. The Kier molecular flexibility index (Phi) is 4.24. The Hall–Kier alpha value is -2.83. The summed E-state index contributed by atoms with van der Waals surface area (Å²) in [5.41, 5.74) is 0.565. The van der Waals surface area contributed by atoms with Crippen molar-refractivity contribution >= 4 is 11.9 Å². The third-order valence-corrected chi connectivity index (χ3v) is 4.19. The first-order chi connectivity index (χ1) is 11.5. The van der Waals surface area contributed by atoms with Crippen molar-refractivity contribution in [3.8, 4) is 5.95 Å². The van der Waals surface area contributed by atoms with Gasteiger partial charge in [-0.1, -0.05) is 12.1 Å². The van der Waals surface area contributed by atoms with Gasteiger partial charge >= 0.3 is 5.97 Å². The Balaban J connectivity index is 1.84. The molecule has 0 saturated carbocycles. The topological polar surface area (TPSA) is 80.0 Å². The number of nitrogens with zero attached hydrogens (tertiary/aromatic N) is 1. The van der Waals surface area contributed by atoms with Gasteiger partial charge in [-0.2, -0.15) is 0 Å². The van der Waals surface area contributed by atoms with Gasteiger partial charge in [-0.15, -0.1) is 0 Å². The first kappa shape index (κ1) is 16.0. The number of carboxylic acid groups (broad SMARTS) is 1. The van der Waals surface area contributed by atoms with Gasteiger partial charge in [0.25, 0.3) is 11.9 Å². The zero-order valence-electron chi connectivity index (χ0n) is 12.9. The number of carbonyl (C=O) groups is 2. The summed E-state index contributed by atoms with van der Waals surface area (Å²) in [6, 6.07) is 8.81. The van der Waals surface area contributed by atoms with Crippen molar-refractivity contribution in [3.63, 3.8) is 0 Å². The van der Waals surface area contributed by atoms with Crippen LogP contribution in [0, 0.1) is 11.7 Å². The van der Waals surface area contributed by atoms with Crippen LogP contribution in [0.3, 0.4) is 0 Å². The van der Waals surface area contributed by atoms with Crippen LogP contribution in [0.2, 0.25) is 0 Å². The molecule has 1 N–H and O–H groups in total. The smallest absolute Gasteiger partial charge is 0.308 e. The fourth-order valence-electron chi connectivity index (χ4n) is 3.00. The fraction of sp³-hybridized carbons (Fsp3) is 0.294. The van der Waals surface area contributed by atoms with Crippen LogP contribution in [0.5, 0.6) is 5.95 Å². The average molecular weight is 333 g/mol. The molecule has 3 rings (SSSR count). The summed E-state index contributed by atoms with van der Waals surface area (Å²) in [7, 11) is 1.42. The lowest BCUT2D eigenvalue weighted by molar-refractivity contribution is -0.141. The summed E-state index contributed by atoms with van der Waals surface area (Å²) in [6.07, 6.45) is 0. The lowest BCUT2D eigenvalue weighted by Gasteiger charge is -2.15. The molecule has 24 heavy (non-hydrogen) atoms. The van der Waals surface area contributed by atoms with Crippen LogP contribution in [0.25, 0.3) is 0 Å². The second kappa shape index (κ2) is 6.35. The highest BCUT2D eigenvalue weighted by Crippen LogP contribution is 2.34. The standard InChI is InChI=1S/C17H16FNO5/c1-23-15-6-5-14(24-15)16(20)19-8-12(13(9-19)17(21)22)10-3-2-4-11(18)7-10/h2-7,12-13H,8-9H2,1H3,(H,21,22)/t12-,13+/m1/s1. The number of carboxylic acids is 1. The highest BCUT2D eigenvalue weighted by Gasteiger charge is 2.41. The number of ether oxygens (including phenoxy) is 1. The number of carbonyl (C=O) groups excluding carboxylic acids is 1. The largest absolute Gasteiger partial charge is 0.481 e. The number of halogens is 1. The van der Waals surface area contributed by atoms with E-state index in [1.165, 1.54) is 42.3 Å². The number of furan rings is 1. The molecule has 1 saturated heterocycles. The number of likely N-dealkylation sites (tertiary alicyclic amines) is 1. The minimum atomic E-state index is -1.02. The number of amides is 1. The molecule has 1 aliphatic rings. The maximum atomic E-state index is 13.5. The second-order valence-corrected chi connectivity index (χ2v) is 5.64. The van der Waals surface area contributed by atoms with Crippen LogP contribution in [0.4, 0.5) is 4.39 Å². The maximum absolute atomic E-state index is 13.5. The van der Waals surface area contributed by atoms with E-state index in [4.69, 9.17) is 9.15 Å². The van der Waals surface area contributed by atoms with E-state index in [1.807, 2.05) is 0 Å². The normalized spacial score (nSPS) is 20.2. The molecular weight excluding hydrogens is 317 g/mol. The number of hydrogen-bond acceptors (Lipinski definition) is 4. The number of methoxy groups -OCH3 is 1. The molecular formula is C17H16FNO5. The number of aliphatic carboxylic acids is 1. The monoisotopic (exact) mass is 333 g/mol. The van der Waals surface area contributed by atoms with Crippen molar-refractivity contribution in [1.29, 1.82) is 0 Å². The van der Waals surface area contributed by atoms with E-state index in [9.17, 15) is 19.1 Å². The van der Waals surface area contributed by atoms with Crippen molar-refractivity contribution in [2.75, 3.05) is 20.2 Å². The van der Waals surface area contributed by atoms with Crippen LogP contribution < -0.4 is 4.74 Å². The number of benzene rings is 1. The summed E-state index contributed by atoms with van der Waals surface area (Å²) in [5.74, 6) is -2.85. The molecule has 1 fully saturated rings. The van der Waals surface area contributed by atoms with E-state index in [0.717, 1.165) is 0 Å². The second-order valence-electron chi connectivity index (χ2n) is 5.64. The van der Waals surface area contributed by atoms with Gasteiger partial charge in [0.1, 0.15) is 5.82 Å². The highest BCUT2D eigenvalue weighted by molar-refractivity contribution is 5.92. The fourth-order valence-corrected chi connectivity index (χ4v) is 3.00. The van der Waals surface area contributed by atoms with Crippen LogP contribution in [-0.2, 0) is 4.79 Å². The van der Waals surface area contributed by atoms with E-state index >= 15 is 0 Å². The van der Waals surface area contributed by atoms with Crippen molar-refractivity contribution < 1.29 is 28.2 Å². The molecule has 126 valence electrons. The summed E-state index contributed by atoms with van der Waals surface area (Å²) in [6.45, 7) is 0.223. The molecule has 7 heteroatoms. The van der Waals surface area contributed by atoms with E-state index in [1.54, 1.807) is 6.07 Å². The molecule has 0 radical (unpaired) electrons. The quantitative estimate of drug-likeness (QED) is 0.929. The minimum absolute atomic E-state index is 0.0400. The van der Waals surface area contributed by atoms with Gasteiger partial charge in [0, 0.05) is 25.1 Å². The molecule has 0 unspecified atom stereocenters. The van der Waals surface area contributed by atoms with Gasteiger partial charge in [-0.05, 0) is 23.8 Å². The van der Waals surface area contributed by atoms with Gasteiger partial charge in [0.2, 0.25) is 0 Å². The SMILES string of the molecule is COc1ccc(C(=O)N2C[C@H](C(=O)O)[C@@H](c3cccc(F)c3)C2)o1. The first-order valence-electron chi connectivity index (χ1n) is 7.41. The predicted octanol–water partition coefficient (Wildman–Crippen LogP) is 2.37. The van der Waals surface area contributed by atoms with Crippen molar-refractivity contribution in [3.05, 3.63) is 53.5 Å². The number of hydrogen-bond donors (Lipinski definition) is 1. The molecule has 1 aromatic carbocycles. The zero-order valence-corrected chi connectivity index (χ0v) is 12.9. The van der Waals surface area contributed by atoms with Crippen molar-refractivity contribution in [1.82, 2.24) is 4.90 Å². The molecule has 0 bridgehead atoms. The minimum Gasteiger partial charge on any atom is -0.481 e. The summed E-state index contributed by atoms with van der Waals surface area (Å²) in [5, 5.41) is 9.45. The Morgan fingerprint density at radius 2 is 2.08 bits per heavy atom. The number of rotatable bonds is 4. The van der Waals surface area contributed by atoms with Crippen molar-refractivity contribution in [2.24, 2.45) is 5.92 Å². The predicted molar refractivity (Wildman–Crippen MR) is 81.4 cm³/mol. The van der Waals surface area contributed by atoms with Gasteiger partial charge < -0.3 is 19.2 Å². The third-order valence-electron chi connectivity index (χ3n) is 4.19. The maximum Gasteiger partial charge on any atom is 0.308 e. The summed E-state index contributed by atoms with van der Waals surface area (Å²) in [4.78, 5) is 25.5. The van der Waals surface area contributed by atoms with E-state index in [0.29, 0.717) is 5.56 Å². The zero-order chi connectivity index (χ0) is 17.3. The Labute approximate surface area is 137 Å². The van der Waals surface area contributed by atoms with Crippen molar-refractivity contribution in [2.45, 2.75) is 5.92 Å². The molecule has 1 amide bonds. The molecule has 0 aliphatic carbocycles. The molecule has 2 heterocycles. The molecule has 2 atom stereocenters. The van der Waals surface area contributed by atoms with Crippen LogP contribution in [0.15, 0.2) is 40.8 Å². The van der Waals surface area contributed by atoms with Gasteiger partial charge in [-0.25, -0.2) is 4.39 Å². The van der Waals surface area contributed by atoms with Gasteiger partial charge in [0.05, 0.1) is 13.0 Å². The molecule has 6 nitrogen and oxygen atoms in total. The highest BCUT2D eigenvalue weighted by atomic mass is 19.1. The Bertz CT molecular complexity index is 772. The van der Waals surface area contributed by atoms with Crippen LogP contribution in [-0.4, -0.2) is 42.1 Å². The Morgan fingerprint density at radius 1 is 1.29 bits per heavy atom. The average Bonchev–Trinajstić information content (AvgIpc) is 3.21. The van der Waals surface area contributed by atoms with E-state index in [2.05, 4.69) is 0 Å². The van der Waals surface area contributed by atoms with Gasteiger partial charge in [0.15, 0.2) is 5.76 Å². The van der Waals surface area contributed by atoms with Crippen LogP contribution >= 0.6 is 0 Å². The summed E-state index contributed by atoms with van der Waals surface area (Å²) >= 11 is 0. The van der Waals surface area contributed by atoms with E-state index < -0.39 is 29.5 Å². The lowest BCUT2D eigenvalue weighted by Crippen LogP contribution is -2.29. The molecule has 0 spiro atoms. The summed E-state index contributed by atoms with van der Waals surface area (Å²) < 4.78 is 23.6. The van der Waals surface area contributed by atoms with E-state index in [-0.39, 0.29) is 24.8 Å². The lowest BCUT2D eigenvalue weighted by atomic mass is 9.89. The van der Waals surface area contributed by atoms with Crippen LogP contribution in [0.1, 0.15) is 22.0 Å². The third kappa shape index (κ3) is 2.97. The van der Waals surface area contributed by atoms with Gasteiger partial charge in [-0.3, -0.25) is 9.59 Å². The molecule has 2 aromatic rings. The Morgan fingerprint density at radius 3 is 2.71 bits per heavy atom. The molecule has 1 aliphatic heterocycles. The molecule has 1 aromatic heterocycles.